The summed E-state index contributed by atoms with van der Waals surface area (Å²) in [6, 6.07) is 3.10. The molecule has 0 fully saturated rings. The molecule has 0 saturated carbocycles. The van der Waals surface area contributed by atoms with Gasteiger partial charge in [-0.05, 0) is 12.1 Å². The summed E-state index contributed by atoms with van der Waals surface area (Å²) in [6.07, 6.45) is 0. The van der Waals surface area contributed by atoms with Crippen molar-refractivity contribution in [1.82, 2.24) is 10.3 Å². The molecule has 1 aromatic carbocycles. The Balaban J connectivity index is 2.23. The number of aromatic nitrogens is 1. The first kappa shape index (κ1) is 12.3. The monoisotopic (exact) mass is 253 g/mol. The molecule has 6 nitrogen and oxygen atoms in total. The fraction of sp³-hybridized carbons (Fsp3) is 0.273. The number of fused-ring (bicyclic) bond motifs is 1. The summed E-state index contributed by atoms with van der Waals surface area (Å²) in [4.78, 5) is 15.3. The molecule has 0 aliphatic carbocycles. The highest BCUT2D eigenvalue weighted by Crippen LogP contribution is 2.20. The van der Waals surface area contributed by atoms with Crippen molar-refractivity contribution in [3.8, 4) is 0 Å². The Labute approximate surface area is 102 Å². The minimum Gasteiger partial charge on any atom is -0.424 e. The largest absolute Gasteiger partial charge is 0.424 e. The number of hydrogen-bond donors (Lipinski definition) is 3. The van der Waals surface area contributed by atoms with Gasteiger partial charge in [0, 0.05) is 13.1 Å². The lowest BCUT2D eigenvalue weighted by atomic mass is 10.3. The lowest BCUT2D eigenvalue weighted by Crippen LogP contribution is -2.40. The van der Waals surface area contributed by atoms with Crippen LogP contribution in [-0.4, -0.2) is 35.7 Å². The van der Waals surface area contributed by atoms with E-state index in [0.717, 1.165) is 0 Å². The molecule has 1 heterocycles. The first-order chi connectivity index (χ1) is 8.63. The molecule has 2 aromatic rings. The molecule has 96 valence electrons. The molecular weight excluding hydrogens is 241 g/mol. The normalized spacial score (nSPS) is 12.4. The van der Waals surface area contributed by atoms with Crippen molar-refractivity contribution < 1.29 is 18.7 Å². The summed E-state index contributed by atoms with van der Waals surface area (Å²) >= 11 is 0. The molecule has 0 aliphatic rings. The number of halogens is 1. The number of oxazole rings is 1. The second-order valence-corrected chi connectivity index (χ2v) is 3.62. The molecule has 1 amide bonds. The average molecular weight is 253 g/mol. The highest BCUT2D eigenvalue weighted by atomic mass is 19.1. The molecule has 1 unspecified atom stereocenters. The van der Waals surface area contributed by atoms with Crippen LogP contribution in [0.5, 0.6) is 0 Å². The van der Waals surface area contributed by atoms with Gasteiger partial charge >= 0.3 is 0 Å². The SMILES string of the molecule is CNC(=O)C(CO)Nc1nc2cc(F)ccc2o1. The predicted molar refractivity (Wildman–Crippen MR) is 62.5 cm³/mol. The maximum absolute atomic E-state index is 13.0. The van der Waals surface area contributed by atoms with Crippen molar-refractivity contribution in [3.05, 3.63) is 24.0 Å². The first-order valence-corrected chi connectivity index (χ1v) is 5.29. The number of benzene rings is 1. The third kappa shape index (κ3) is 2.40. The van der Waals surface area contributed by atoms with Crippen LogP contribution in [-0.2, 0) is 4.79 Å². The molecule has 18 heavy (non-hydrogen) atoms. The van der Waals surface area contributed by atoms with Crippen molar-refractivity contribution in [2.45, 2.75) is 6.04 Å². The van der Waals surface area contributed by atoms with Crippen LogP contribution in [0.4, 0.5) is 10.4 Å². The fourth-order valence-electron chi connectivity index (χ4n) is 1.48. The fourth-order valence-corrected chi connectivity index (χ4v) is 1.48. The summed E-state index contributed by atoms with van der Waals surface area (Å²) in [6.45, 7) is -0.410. The van der Waals surface area contributed by atoms with E-state index in [4.69, 9.17) is 9.52 Å². The summed E-state index contributed by atoms with van der Waals surface area (Å²) < 4.78 is 18.2. The Morgan fingerprint density at radius 2 is 2.39 bits per heavy atom. The quantitative estimate of drug-likeness (QED) is 0.738. The molecule has 0 spiro atoms. The lowest BCUT2D eigenvalue weighted by Gasteiger charge is -2.12. The Morgan fingerprint density at radius 1 is 1.61 bits per heavy atom. The zero-order valence-electron chi connectivity index (χ0n) is 9.61. The van der Waals surface area contributed by atoms with Gasteiger partial charge in [0.25, 0.3) is 6.01 Å². The van der Waals surface area contributed by atoms with Gasteiger partial charge in [-0.25, -0.2) is 4.39 Å². The van der Waals surface area contributed by atoms with E-state index in [1.165, 1.54) is 25.2 Å². The summed E-state index contributed by atoms with van der Waals surface area (Å²) in [5, 5.41) is 14.1. The minimum absolute atomic E-state index is 0.0539. The van der Waals surface area contributed by atoms with E-state index in [9.17, 15) is 9.18 Å². The van der Waals surface area contributed by atoms with Crippen LogP contribution in [0.15, 0.2) is 22.6 Å². The number of likely N-dealkylation sites (N-methyl/N-ethyl adjacent to an activating group) is 1. The smallest absolute Gasteiger partial charge is 0.296 e. The van der Waals surface area contributed by atoms with Crippen LogP contribution in [0.3, 0.4) is 0 Å². The number of anilines is 1. The highest BCUT2D eigenvalue weighted by Gasteiger charge is 2.18. The van der Waals surface area contributed by atoms with Gasteiger partial charge in [-0.15, -0.1) is 0 Å². The molecule has 3 N–H and O–H groups in total. The molecule has 7 heteroatoms. The van der Waals surface area contributed by atoms with Gasteiger partial charge in [-0.2, -0.15) is 4.98 Å². The second kappa shape index (κ2) is 5.01. The molecule has 0 radical (unpaired) electrons. The molecule has 0 saturated heterocycles. The third-order valence-corrected chi connectivity index (χ3v) is 2.39. The van der Waals surface area contributed by atoms with Gasteiger partial charge in [0.2, 0.25) is 5.91 Å². The van der Waals surface area contributed by atoms with E-state index in [1.54, 1.807) is 0 Å². The Morgan fingerprint density at radius 3 is 3.06 bits per heavy atom. The van der Waals surface area contributed by atoms with Gasteiger partial charge in [0.05, 0.1) is 6.61 Å². The van der Waals surface area contributed by atoms with Crippen molar-refractivity contribution in [3.63, 3.8) is 0 Å². The molecule has 1 aromatic heterocycles. The number of aliphatic hydroxyl groups excluding tert-OH is 1. The van der Waals surface area contributed by atoms with Gasteiger partial charge in [0.15, 0.2) is 5.58 Å². The van der Waals surface area contributed by atoms with E-state index in [-0.39, 0.29) is 6.01 Å². The zero-order valence-corrected chi connectivity index (χ0v) is 9.61. The second-order valence-electron chi connectivity index (χ2n) is 3.62. The Kier molecular flexibility index (Phi) is 3.42. The van der Waals surface area contributed by atoms with Crippen LogP contribution in [0.2, 0.25) is 0 Å². The van der Waals surface area contributed by atoms with Gasteiger partial charge in [-0.3, -0.25) is 4.79 Å². The van der Waals surface area contributed by atoms with Gasteiger partial charge in [-0.1, -0.05) is 0 Å². The maximum Gasteiger partial charge on any atom is 0.296 e. The van der Waals surface area contributed by atoms with E-state index < -0.39 is 24.4 Å². The molecule has 2 rings (SSSR count). The highest BCUT2D eigenvalue weighted by molar-refractivity contribution is 5.84. The van der Waals surface area contributed by atoms with Crippen molar-refractivity contribution in [2.75, 3.05) is 19.0 Å². The van der Waals surface area contributed by atoms with Crippen LogP contribution in [0.1, 0.15) is 0 Å². The molecule has 0 aliphatic heterocycles. The average Bonchev–Trinajstić information content (AvgIpc) is 2.76. The molecule has 0 bridgehead atoms. The van der Waals surface area contributed by atoms with E-state index in [0.29, 0.717) is 11.1 Å². The zero-order chi connectivity index (χ0) is 13.1. The lowest BCUT2D eigenvalue weighted by molar-refractivity contribution is -0.122. The Bertz CT molecular complexity index is 570. The van der Waals surface area contributed by atoms with Crippen LogP contribution >= 0.6 is 0 Å². The number of nitrogens with one attached hydrogen (secondary N) is 2. The number of carbonyl (C=O) groups excluding carboxylic acids is 1. The van der Waals surface area contributed by atoms with Crippen molar-refractivity contribution in [2.24, 2.45) is 0 Å². The molecule has 1 atom stereocenters. The number of hydrogen-bond acceptors (Lipinski definition) is 5. The van der Waals surface area contributed by atoms with E-state index >= 15 is 0 Å². The van der Waals surface area contributed by atoms with Crippen LogP contribution in [0.25, 0.3) is 11.1 Å². The van der Waals surface area contributed by atoms with Gasteiger partial charge in [0.1, 0.15) is 17.4 Å². The third-order valence-electron chi connectivity index (χ3n) is 2.39. The predicted octanol–water partition coefficient (Wildman–Crippen LogP) is 0.486. The first-order valence-electron chi connectivity index (χ1n) is 5.29. The molecular formula is C11H12FN3O3. The number of nitrogens with zero attached hydrogens (tertiary/aromatic N) is 1. The summed E-state index contributed by atoms with van der Waals surface area (Å²) in [7, 11) is 1.45. The standard InChI is InChI=1S/C11H12FN3O3/c1-13-10(17)8(5-16)15-11-14-7-4-6(12)2-3-9(7)18-11/h2-4,8,16H,5H2,1H3,(H,13,17)(H,14,15). The number of amides is 1. The van der Waals surface area contributed by atoms with Crippen molar-refractivity contribution in [1.29, 1.82) is 0 Å². The van der Waals surface area contributed by atoms with Crippen LogP contribution in [0, 0.1) is 5.82 Å². The minimum atomic E-state index is -0.868. The van der Waals surface area contributed by atoms with Crippen LogP contribution < -0.4 is 10.6 Å². The number of rotatable bonds is 4. The topological polar surface area (TPSA) is 87.4 Å². The van der Waals surface area contributed by atoms with E-state index in [2.05, 4.69) is 15.6 Å². The van der Waals surface area contributed by atoms with E-state index in [1.807, 2.05) is 0 Å². The van der Waals surface area contributed by atoms with Gasteiger partial charge < -0.3 is 20.2 Å². The summed E-state index contributed by atoms with van der Waals surface area (Å²) in [5.41, 5.74) is 0.735. The summed E-state index contributed by atoms with van der Waals surface area (Å²) in [5.74, 6) is -0.821. The number of carbonyl (C=O) groups is 1. The maximum atomic E-state index is 13.0. The number of aliphatic hydroxyl groups is 1. The Hall–Kier alpha value is -2.15. The van der Waals surface area contributed by atoms with Crippen molar-refractivity contribution >= 4 is 23.0 Å².